The Labute approximate surface area is 106 Å². The molecule has 0 unspecified atom stereocenters. The molecular weight excluding hydrogens is 268 g/mol. The predicted octanol–water partition coefficient (Wildman–Crippen LogP) is 3.68. The molecule has 1 rings (SSSR count). The Hall–Kier alpha value is -0.380. The van der Waals surface area contributed by atoms with Gasteiger partial charge in [0.1, 0.15) is 0 Å². The molecule has 1 N–H and O–H groups in total. The lowest BCUT2D eigenvalue weighted by Crippen LogP contribution is -2.20. The molecule has 0 aliphatic rings. The minimum atomic E-state index is 0.00775. The van der Waals surface area contributed by atoms with Crippen LogP contribution < -0.4 is 0 Å². The summed E-state index contributed by atoms with van der Waals surface area (Å²) in [4.78, 5) is 0. The third-order valence-corrected chi connectivity index (χ3v) is 3.27. The molecule has 0 aliphatic heterocycles. The number of halogens is 1. The van der Waals surface area contributed by atoms with Crippen LogP contribution >= 0.6 is 15.9 Å². The number of methoxy groups -OCH3 is 1. The third-order valence-electron chi connectivity index (χ3n) is 2.55. The Bertz CT molecular complexity index is 355. The molecule has 1 atom stereocenters. The third kappa shape index (κ3) is 3.06. The summed E-state index contributed by atoms with van der Waals surface area (Å²) in [6, 6.07) is 5.85. The lowest BCUT2D eigenvalue weighted by molar-refractivity contribution is 0.0146. The highest BCUT2D eigenvalue weighted by atomic mass is 79.9. The van der Waals surface area contributed by atoms with Crippen molar-refractivity contribution in [3.8, 4) is 0 Å². The molecule has 0 amide bonds. The standard InChI is InChI=1S/C13H19BrO2/c1-13(2,3)12(16-4)10-7-9(8-15)5-6-11(10)14/h5-7,12,15H,8H2,1-4H3/t12-/m1/s1. The van der Waals surface area contributed by atoms with E-state index >= 15 is 0 Å². The van der Waals surface area contributed by atoms with Crippen molar-refractivity contribution >= 4 is 15.9 Å². The Morgan fingerprint density at radius 1 is 1.38 bits per heavy atom. The lowest BCUT2D eigenvalue weighted by Gasteiger charge is -2.30. The van der Waals surface area contributed by atoms with Gasteiger partial charge in [-0.25, -0.2) is 0 Å². The van der Waals surface area contributed by atoms with Crippen LogP contribution in [0.3, 0.4) is 0 Å². The predicted molar refractivity (Wildman–Crippen MR) is 69.3 cm³/mol. The van der Waals surface area contributed by atoms with Gasteiger partial charge in [-0.05, 0) is 28.7 Å². The molecule has 1 aromatic rings. The summed E-state index contributed by atoms with van der Waals surface area (Å²) in [5.41, 5.74) is 2.01. The van der Waals surface area contributed by atoms with Gasteiger partial charge >= 0.3 is 0 Å². The van der Waals surface area contributed by atoms with Gasteiger partial charge in [0.2, 0.25) is 0 Å². The molecule has 3 heteroatoms. The van der Waals surface area contributed by atoms with E-state index in [2.05, 4.69) is 36.7 Å². The van der Waals surface area contributed by atoms with Gasteiger partial charge in [0, 0.05) is 11.6 Å². The summed E-state index contributed by atoms with van der Waals surface area (Å²) in [6.45, 7) is 6.47. The van der Waals surface area contributed by atoms with Crippen molar-refractivity contribution in [2.24, 2.45) is 5.41 Å². The zero-order valence-electron chi connectivity index (χ0n) is 10.2. The highest BCUT2D eigenvalue weighted by molar-refractivity contribution is 9.10. The molecule has 0 fully saturated rings. The van der Waals surface area contributed by atoms with Crippen LogP contribution in [0.2, 0.25) is 0 Å². The fraction of sp³-hybridized carbons (Fsp3) is 0.538. The Balaban J connectivity index is 3.18. The van der Waals surface area contributed by atoms with Crippen molar-refractivity contribution < 1.29 is 9.84 Å². The summed E-state index contributed by atoms with van der Waals surface area (Å²) in [6.07, 6.45) is 0.00775. The van der Waals surface area contributed by atoms with Crippen LogP contribution in [-0.4, -0.2) is 12.2 Å². The maximum Gasteiger partial charge on any atom is 0.0880 e. The zero-order chi connectivity index (χ0) is 12.3. The van der Waals surface area contributed by atoms with E-state index in [1.807, 2.05) is 18.2 Å². The molecule has 0 bridgehead atoms. The summed E-state index contributed by atoms with van der Waals surface area (Å²) in [7, 11) is 1.72. The summed E-state index contributed by atoms with van der Waals surface area (Å²) >= 11 is 3.53. The largest absolute Gasteiger partial charge is 0.392 e. The van der Waals surface area contributed by atoms with Crippen LogP contribution in [0.25, 0.3) is 0 Å². The molecule has 0 spiro atoms. The zero-order valence-corrected chi connectivity index (χ0v) is 11.8. The first-order valence-corrected chi connectivity index (χ1v) is 6.11. The van der Waals surface area contributed by atoms with E-state index in [1.54, 1.807) is 7.11 Å². The van der Waals surface area contributed by atoms with Gasteiger partial charge in [-0.2, -0.15) is 0 Å². The van der Waals surface area contributed by atoms with E-state index < -0.39 is 0 Å². The fourth-order valence-corrected chi connectivity index (χ4v) is 2.29. The minimum absolute atomic E-state index is 0.00775. The number of benzene rings is 1. The molecule has 0 aromatic heterocycles. The number of aliphatic hydroxyl groups is 1. The van der Waals surface area contributed by atoms with E-state index in [0.717, 1.165) is 15.6 Å². The van der Waals surface area contributed by atoms with Gasteiger partial charge in [0.05, 0.1) is 12.7 Å². The Kier molecular flexibility index (Phi) is 4.53. The molecule has 90 valence electrons. The van der Waals surface area contributed by atoms with Crippen LogP contribution in [-0.2, 0) is 11.3 Å². The minimum Gasteiger partial charge on any atom is -0.392 e. The van der Waals surface area contributed by atoms with Gasteiger partial charge in [-0.15, -0.1) is 0 Å². The molecule has 0 saturated carbocycles. The van der Waals surface area contributed by atoms with Crippen molar-refractivity contribution in [1.29, 1.82) is 0 Å². The molecule has 0 heterocycles. The van der Waals surface area contributed by atoms with Gasteiger partial charge in [0.25, 0.3) is 0 Å². The maximum absolute atomic E-state index is 9.15. The molecular formula is C13H19BrO2. The number of hydrogen-bond acceptors (Lipinski definition) is 2. The number of rotatable bonds is 3. The average molecular weight is 287 g/mol. The van der Waals surface area contributed by atoms with E-state index in [9.17, 15) is 0 Å². The molecule has 2 nitrogen and oxygen atoms in total. The smallest absolute Gasteiger partial charge is 0.0880 e. The number of ether oxygens (including phenoxy) is 1. The van der Waals surface area contributed by atoms with E-state index in [-0.39, 0.29) is 18.1 Å². The second-order valence-corrected chi connectivity index (χ2v) is 5.85. The average Bonchev–Trinajstić information content (AvgIpc) is 2.20. The van der Waals surface area contributed by atoms with Crippen LogP contribution in [0.1, 0.15) is 38.0 Å². The topological polar surface area (TPSA) is 29.5 Å². The molecule has 0 radical (unpaired) electrons. The van der Waals surface area contributed by atoms with Crippen molar-refractivity contribution in [3.63, 3.8) is 0 Å². The lowest BCUT2D eigenvalue weighted by atomic mass is 9.84. The van der Waals surface area contributed by atoms with Crippen LogP contribution in [0.5, 0.6) is 0 Å². The van der Waals surface area contributed by atoms with Crippen LogP contribution in [0, 0.1) is 5.41 Å². The SMILES string of the molecule is CO[C@H](c1cc(CO)ccc1Br)C(C)(C)C. The molecule has 1 aromatic carbocycles. The van der Waals surface area contributed by atoms with Crippen LogP contribution in [0.15, 0.2) is 22.7 Å². The summed E-state index contributed by atoms with van der Waals surface area (Å²) in [5.74, 6) is 0. The highest BCUT2D eigenvalue weighted by Crippen LogP contribution is 2.39. The van der Waals surface area contributed by atoms with Crippen molar-refractivity contribution in [1.82, 2.24) is 0 Å². The van der Waals surface area contributed by atoms with Crippen LogP contribution in [0.4, 0.5) is 0 Å². The highest BCUT2D eigenvalue weighted by Gasteiger charge is 2.27. The van der Waals surface area contributed by atoms with Crippen molar-refractivity contribution in [2.75, 3.05) is 7.11 Å². The van der Waals surface area contributed by atoms with Gasteiger partial charge < -0.3 is 9.84 Å². The monoisotopic (exact) mass is 286 g/mol. The molecule has 16 heavy (non-hydrogen) atoms. The summed E-state index contributed by atoms with van der Waals surface area (Å²) < 4.78 is 6.59. The maximum atomic E-state index is 9.15. The van der Waals surface area contributed by atoms with E-state index in [0.29, 0.717) is 0 Å². The Morgan fingerprint density at radius 3 is 2.44 bits per heavy atom. The Morgan fingerprint density at radius 2 is 2.00 bits per heavy atom. The van der Waals surface area contributed by atoms with E-state index in [1.165, 1.54) is 0 Å². The second kappa shape index (κ2) is 5.30. The summed E-state index contributed by atoms with van der Waals surface area (Å²) in [5, 5.41) is 9.15. The van der Waals surface area contributed by atoms with Crippen molar-refractivity contribution in [2.45, 2.75) is 33.5 Å². The van der Waals surface area contributed by atoms with Gasteiger partial charge in [-0.1, -0.05) is 42.8 Å². The van der Waals surface area contributed by atoms with E-state index in [4.69, 9.17) is 9.84 Å². The first kappa shape index (κ1) is 13.7. The second-order valence-electron chi connectivity index (χ2n) is 5.00. The van der Waals surface area contributed by atoms with Crippen molar-refractivity contribution in [3.05, 3.63) is 33.8 Å². The van der Waals surface area contributed by atoms with Gasteiger partial charge in [0.15, 0.2) is 0 Å². The first-order chi connectivity index (χ1) is 7.40. The quantitative estimate of drug-likeness (QED) is 0.919. The fourth-order valence-electron chi connectivity index (χ4n) is 1.84. The molecule has 0 aliphatic carbocycles. The number of aliphatic hydroxyl groups excluding tert-OH is 1. The first-order valence-electron chi connectivity index (χ1n) is 5.32. The van der Waals surface area contributed by atoms with Gasteiger partial charge in [-0.3, -0.25) is 0 Å². The number of hydrogen-bond donors (Lipinski definition) is 1. The molecule has 0 saturated heterocycles. The normalized spacial score (nSPS) is 13.9.